The lowest BCUT2D eigenvalue weighted by molar-refractivity contribution is -0.291. The standard InChI is InChI=1S/C9H6BrF6N/c10-6-2-1-4(11)3-5(6)7(17)8(12,13)9(14,15)16/h1-3,7H,17H2/t7-/m0/s1. The highest BCUT2D eigenvalue weighted by Crippen LogP contribution is 2.44. The summed E-state index contributed by atoms with van der Waals surface area (Å²) in [4.78, 5) is 0. The van der Waals surface area contributed by atoms with Crippen molar-refractivity contribution in [3.63, 3.8) is 0 Å². The maximum absolute atomic E-state index is 12.9. The molecule has 0 radical (unpaired) electrons. The molecule has 1 aromatic rings. The van der Waals surface area contributed by atoms with Crippen LogP contribution in [0.3, 0.4) is 0 Å². The van der Waals surface area contributed by atoms with Crippen LogP contribution in [0.2, 0.25) is 0 Å². The molecule has 0 spiro atoms. The number of nitrogens with two attached hydrogens (primary N) is 1. The Bertz CT molecular complexity index is 416. The van der Waals surface area contributed by atoms with Crippen LogP contribution in [0.15, 0.2) is 22.7 Å². The minimum atomic E-state index is -5.79. The quantitative estimate of drug-likeness (QED) is 0.824. The van der Waals surface area contributed by atoms with Gasteiger partial charge in [0.25, 0.3) is 0 Å². The zero-order chi connectivity index (χ0) is 13.4. The van der Waals surface area contributed by atoms with Gasteiger partial charge in [-0.25, -0.2) is 4.39 Å². The summed E-state index contributed by atoms with van der Waals surface area (Å²) < 4.78 is 74.7. The molecule has 1 nitrogen and oxygen atoms in total. The summed E-state index contributed by atoms with van der Waals surface area (Å²) in [6.07, 6.45) is -5.79. The van der Waals surface area contributed by atoms with Gasteiger partial charge in [0, 0.05) is 4.47 Å². The first kappa shape index (κ1) is 14.3. The molecule has 1 atom stereocenters. The Hall–Kier alpha value is -0.760. The van der Waals surface area contributed by atoms with Crippen LogP contribution in [0.1, 0.15) is 11.6 Å². The highest BCUT2D eigenvalue weighted by molar-refractivity contribution is 9.10. The molecule has 1 rings (SSSR count). The van der Waals surface area contributed by atoms with E-state index in [1.54, 1.807) is 0 Å². The number of alkyl halides is 5. The molecule has 0 saturated heterocycles. The molecule has 0 amide bonds. The topological polar surface area (TPSA) is 26.0 Å². The molecule has 17 heavy (non-hydrogen) atoms. The van der Waals surface area contributed by atoms with Gasteiger partial charge in [-0.1, -0.05) is 15.9 Å². The van der Waals surface area contributed by atoms with E-state index in [4.69, 9.17) is 5.73 Å². The maximum atomic E-state index is 12.9. The summed E-state index contributed by atoms with van der Waals surface area (Å²) >= 11 is 2.74. The van der Waals surface area contributed by atoms with Gasteiger partial charge in [0.05, 0.1) is 0 Å². The molecule has 0 aliphatic carbocycles. The van der Waals surface area contributed by atoms with Crippen LogP contribution in [0.4, 0.5) is 26.3 Å². The minimum Gasteiger partial charge on any atom is -0.319 e. The number of hydrogen-bond acceptors (Lipinski definition) is 1. The SMILES string of the molecule is N[C@@H](c1cc(F)ccc1Br)C(F)(F)C(F)(F)F. The van der Waals surface area contributed by atoms with Crippen LogP contribution in [0, 0.1) is 5.82 Å². The Balaban J connectivity index is 3.21. The zero-order valence-corrected chi connectivity index (χ0v) is 9.62. The van der Waals surface area contributed by atoms with Gasteiger partial charge in [-0.15, -0.1) is 0 Å². The van der Waals surface area contributed by atoms with E-state index < -0.39 is 29.5 Å². The van der Waals surface area contributed by atoms with E-state index in [-0.39, 0.29) is 4.47 Å². The first-order valence-corrected chi connectivity index (χ1v) is 5.01. The van der Waals surface area contributed by atoms with E-state index in [1.807, 2.05) is 0 Å². The van der Waals surface area contributed by atoms with E-state index in [1.165, 1.54) is 0 Å². The predicted octanol–water partition coefficient (Wildman–Crippen LogP) is 3.79. The Labute approximate surface area is 101 Å². The Morgan fingerprint density at radius 3 is 2.12 bits per heavy atom. The average molecular weight is 322 g/mol. The molecule has 96 valence electrons. The molecule has 0 bridgehead atoms. The second kappa shape index (κ2) is 4.49. The first-order valence-electron chi connectivity index (χ1n) is 4.22. The summed E-state index contributed by atoms with van der Waals surface area (Å²) in [5.41, 5.74) is 4.22. The summed E-state index contributed by atoms with van der Waals surface area (Å²) in [5.74, 6) is -6.08. The van der Waals surface area contributed by atoms with Crippen LogP contribution in [-0.4, -0.2) is 12.1 Å². The van der Waals surface area contributed by atoms with Gasteiger partial charge in [-0.3, -0.25) is 0 Å². The normalized spacial score (nSPS) is 14.8. The van der Waals surface area contributed by atoms with E-state index in [2.05, 4.69) is 15.9 Å². The van der Waals surface area contributed by atoms with Gasteiger partial charge < -0.3 is 5.73 Å². The van der Waals surface area contributed by atoms with E-state index in [0.29, 0.717) is 6.07 Å². The largest absolute Gasteiger partial charge is 0.455 e. The summed E-state index contributed by atoms with van der Waals surface area (Å²) in [5, 5.41) is 0. The second-order valence-electron chi connectivity index (χ2n) is 3.26. The molecule has 0 saturated carbocycles. The molecule has 0 unspecified atom stereocenters. The lowest BCUT2D eigenvalue weighted by Crippen LogP contribution is -2.46. The lowest BCUT2D eigenvalue weighted by atomic mass is 10.0. The van der Waals surface area contributed by atoms with Crippen molar-refractivity contribution in [2.24, 2.45) is 5.73 Å². The van der Waals surface area contributed by atoms with Gasteiger partial charge in [0.15, 0.2) is 0 Å². The Morgan fingerprint density at radius 1 is 1.12 bits per heavy atom. The molecule has 0 aliphatic rings. The maximum Gasteiger partial charge on any atom is 0.455 e. The number of rotatable bonds is 2. The highest BCUT2D eigenvalue weighted by atomic mass is 79.9. The van der Waals surface area contributed by atoms with E-state index in [0.717, 1.165) is 12.1 Å². The van der Waals surface area contributed by atoms with Crippen molar-refractivity contribution >= 4 is 15.9 Å². The molecule has 0 heterocycles. The van der Waals surface area contributed by atoms with Gasteiger partial charge in [-0.2, -0.15) is 22.0 Å². The third-order valence-electron chi connectivity index (χ3n) is 2.06. The van der Waals surface area contributed by atoms with Gasteiger partial charge in [-0.05, 0) is 23.8 Å². The number of hydrogen-bond donors (Lipinski definition) is 1. The first-order chi connectivity index (χ1) is 7.57. The zero-order valence-electron chi connectivity index (χ0n) is 8.03. The summed E-state index contributed by atoms with van der Waals surface area (Å²) in [6.45, 7) is 0. The van der Waals surface area contributed by atoms with Crippen molar-refractivity contribution in [1.82, 2.24) is 0 Å². The molecule has 2 N–H and O–H groups in total. The average Bonchev–Trinajstić information content (AvgIpc) is 2.19. The van der Waals surface area contributed by atoms with Crippen molar-refractivity contribution in [1.29, 1.82) is 0 Å². The fourth-order valence-electron chi connectivity index (χ4n) is 1.12. The number of halogens is 7. The third kappa shape index (κ3) is 2.74. The minimum absolute atomic E-state index is 0.115. The Kier molecular flexibility index (Phi) is 3.78. The fraction of sp³-hybridized carbons (Fsp3) is 0.333. The van der Waals surface area contributed by atoms with Crippen molar-refractivity contribution in [3.8, 4) is 0 Å². The molecule has 0 aliphatic heterocycles. The summed E-state index contributed by atoms with van der Waals surface area (Å²) in [7, 11) is 0. The van der Waals surface area contributed by atoms with Crippen LogP contribution in [0.25, 0.3) is 0 Å². The smallest absolute Gasteiger partial charge is 0.319 e. The van der Waals surface area contributed by atoms with Crippen molar-refractivity contribution in [2.45, 2.75) is 18.1 Å². The van der Waals surface area contributed by atoms with Crippen molar-refractivity contribution in [2.75, 3.05) is 0 Å². The van der Waals surface area contributed by atoms with Gasteiger partial charge in [0.2, 0.25) is 0 Å². The fourth-order valence-corrected chi connectivity index (χ4v) is 1.62. The molecular formula is C9H6BrF6N. The number of benzene rings is 1. The highest BCUT2D eigenvalue weighted by Gasteiger charge is 2.62. The van der Waals surface area contributed by atoms with Crippen molar-refractivity contribution < 1.29 is 26.3 Å². The molecule has 1 aromatic carbocycles. The predicted molar refractivity (Wildman–Crippen MR) is 52.0 cm³/mol. The second-order valence-corrected chi connectivity index (χ2v) is 4.12. The van der Waals surface area contributed by atoms with Crippen LogP contribution < -0.4 is 5.73 Å². The molecule has 0 fully saturated rings. The van der Waals surface area contributed by atoms with Crippen molar-refractivity contribution in [3.05, 3.63) is 34.1 Å². The third-order valence-corrected chi connectivity index (χ3v) is 2.78. The molecule has 8 heteroatoms. The van der Waals surface area contributed by atoms with Gasteiger partial charge in [0.1, 0.15) is 11.9 Å². The van der Waals surface area contributed by atoms with E-state index >= 15 is 0 Å². The van der Waals surface area contributed by atoms with Crippen LogP contribution in [0.5, 0.6) is 0 Å². The van der Waals surface area contributed by atoms with Crippen LogP contribution >= 0.6 is 15.9 Å². The monoisotopic (exact) mass is 321 g/mol. The lowest BCUT2D eigenvalue weighted by Gasteiger charge is -2.26. The van der Waals surface area contributed by atoms with E-state index in [9.17, 15) is 26.3 Å². The van der Waals surface area contributed by atoms with Gasteiger partial charge >= 0.3 is 12.1 Å². The van der Waals surface area contributed by atoms with Crippen LogP contribution in [-0.2, 0) is 0 Å². The molecule has 0 aromatic heterocycles. The summed E-state index contributed by atoms with van der Waals surface area (Å²) in [6, 6.07) is -0.218. The molecular weight excluding hydrogens is 316 g/mol. The Morgan fingerprint density at radius 2 is 1.65 bits per heavy atom.